The number of benzene rings is 2. The molecule has 0 fully saturated rings. The number of nitrogen functional groups attached to an aromatic ring is 1. The molecular formula is C20H15F2N5OS. The van der Waals surface area contributed by atoms with Gasteiger partial charge < -0.3 is 11.1 Å². The van der Waals surface area contributed by atoms with Crippen molar-refractivity contribution in [2.24, 2.45) is 0 Å². The van der Waals surface area contributed by atoms with Crippen LogP contribution in [0.25, 0.3) is 10.6 Å². The molecule has 2 aromatic heterocycles. The second-order valence-electron chi connectivity index (χ2n) is 6.19. The molecule has 146 valence electrons. The Morgan fingerprint density at radius 2 is 1.83 bits per heavy atom. The summed E-state index contributed by atoms with van der Waals surface area (Å²) in [4.78, 5) is 16.6. The Labute approximate surface area is 168 Å². The Morgan fingerprint density at radius 3 is 2.55 bits per heavy atom. The van der Waals surface area contributed by atoms with Crippen molar-refractivity contribution in [1.82, 2.24) is 14.8 Å². The van der Waals surface area contributed by atoms with Crippen LogP contribution in [0.3, 0.4) is 0 Å². The predicted octanol–water partition coefficient (Wildman–Crippen LogP) is 4.17. The van der Waals surface area contributed by atoms with E-state index >= 15 is 0 Å². The second kappa shape index (κ2) is 7.80. The summed E-state index contributed by atoms with van der Waals surface area (Å²) in [5.41, 5.74) is 6.99. The van der Waals surface area contributed by atoms with Gasteiger partial charge in [0.05, 0.1) is 24.0 Å². The Kier molecular flexibility index (Phi) is 5.05. The molecule has 3 N–H and O–H groups in total. The first-order chi connectivity index (χ1) is 14.0. The van der Waals surface area contributed by atoms with Crippen molar-refractivity contribution in [1.29, 1.82) is 0 Å². The Morgan fingerprint density at radius 1 is 1.10 bits per heavy atom. The molecule has 0 saturated heterocycles. The van der Waals surface area contributed by atoms with Gasteiger partial charge in [0, 0.05) is 6.20 Å². The zero-order chi connectivity index (χ0) is 20.4. The van der Waals surface area contributed by atoms with Crippen molar-refractivity contribution in [3.05, 3.63) is 83.8 Å². The Hall–Kier alpha value is -3.59. The molecule has 9 heteroatoms. The largest absolute Gasteiger partial charge is 0.389 e. The van der Waals surface area contributed by atoms with E-state index in [0.29, 0.717) is 12.2 Å². The molecule has 0 radical (unpaired) electrons. The lowest BCUT2D eigenvalue weighted by Crippen LogP contribution is -2.13. The minimum Gasteiger partial charge on any atom is -0.389 e. The third kappa shape index (κ3) is 3.99. The first-order valence-corrected chi connectivity index (χ1v) is 9.41. The van der Waals surface area contributed by atoms with E-state index in [0.717, 1.165) is 29.0 Å². The normalized spacial score (nSPS) is 10.8. The summed E-state index contributed by atoms with van der Waals surface area (Å²) in [6.07, 6.45) is 3.17. The summed E-state index contributed by atoms with van der Waals surface area (Å²) in [7, 11) is 0. The van der Waals surface area contributed by atoms with E-state index < -0.39 is 17.5 Å². The van der Waals surface area contributed by atoms with Gasteiger partial charge in [-0.3, -0.25) is 9.48 Å². The maximum atomic E-state index is 14.0. The SMILES string of the molecule is Nc1sc(-c2c(F)cccc2F)nc1C(=O)Nc1cnn(Cc2ccccc2)c1. The van der Waals surface area contributed by atoms with Crippen LogP contribution >= 0.6 is 11.3 Å². The molecule has 0 unspecified atom stereocenters. The smallest absolute Gasteiger partial charge is 0.277 e. The maximum Gasteiger partial charge on any atom is 0.277 e. The van der Waals surface area contributed by atoms with Crippen molar-refractivity contribution < 1.29 is 13.6 Å². The van der Waals surface area contributed by atoms with Gasteiger partial charge in [-0.1, -0.05) is 47.7 Å². The Balaban J connectivity index is 1.52. The van der Waals surface area contributed by atoms with Crippen molar-refractivity contribution >= 4 is 27.9 Å². The number of nitrogens with zero attached hydrogens (tertiary/aromatic N) is 3. The topological polar surface area (TPSA) is 85.8 Å². The molecule has 0 aliphatic heterocycles. The number of halogens is 2. The van der Waals surface area contributed by atoms with Gasteiger partial charge in [-0.2, -0.15) is 5.10 Å². The number of hydrogen-bond donors (Lipinski definition) is 2. The average molecular weight is 411 g/mol. The average Bonchev–Trinajstić information content (AvgIpc) is 3.29. The van der Waals surface area contributed by atoms with Crippen molar-refractivity contribution in [2.75, 3.05) is 11.1 Å². The van der Waals surface area contributed by atoms with E-state index in [1.807, 2.05) is 30.3 Å². The van der Waals surface area contributed by atoms with Crippen LogP contribution in [0.5, 0.6) is 0 Å². The number of carbonyl (C=O) groups excluding carboxylic acids is 1. The lowest BCUT2D eigenvalue weighted by Gasteiger charge is -2.02. The standard InChI is InChI=1S/C20H15F2N5OS/c21-14-7-4-8-15(22)16(14)20-26-17(18(23)29-20)19(28)25-13-9-24-27(11-13)10-12-5-2-1-3-6-12/h1-9,11H,10,23H2,(H,25,28). The highest BCUT2D eigenvalue weighted by molar-refractivity contribution is 7.19. The zero-order valence-corrected chi connectivity index (χ0v) is 15.8. The van der Waals surface area contributed by atoms with Crippen LogP contribution in [0.15, 0.2) is 60.9 Å². The summed E-state index contributed by atoms with van der Waals surface area (Å²) in [6, 6.07) is 13.2. The first kappa shape index (κ1) is 18.8. The quantitative estimate of drug-likeness (QED) is 0.516. The fourth-order valence-corrected chi connectivity index (χ4v) is 3.66. The lowest BCUT2D eigenvalue weighted by molar-refractivity contribution is 0.102. The van der Waals surface area contributed by atoms with E-state index in [9.17, 15) is 13.6 Å². The highest BCUT2D eigenvalue weighted by Crippen LogP contribution is 2.33. The molecule has 2 heterocycles. The monoisotopic (exact) mass is 411 g/mol. The Bertz CT molecular complexity index is 1150. The molecule has 0 bridgehead atoms. The molecule has 6 nitrogen and oxygen atoms in total. The third-order valence-corrected chi connectivity index (χ3v) is 5.03. The number of thiazole rings is 1. The van der Waals surface area contributed by atoms with Crippen LogP contribution in [-0.4, -0.2) is 20.7 Å². The van der Waals surface area contributed by atoms with Crippen LogP contribution in [0.4, 0.5) is 19.5 Å². The molecule has 1 amide bonds. The number of anilines is 2. The van der Waals surface area contributed by atoms with Gasteiger partial charge in [0.25, 0.3) is 5.91 Å². The fraction of sp³-hybridized carbons (Fsp3) is 0.0500. The van der Waals surface area contributed by atoms with Crippen LogP contribution in [0.1, 0.15) is 16.1 Å². The number of amides is 1. The van der Waals surface area contributed by atoms with Gasteiger partial charge in [0.2, 0.25) is 0 Å². The zero-order valence-electron chi connectivity index (χ0n) is 15.0. The van der Waals surface area contributed by atoms with Gasteiger partial charge in [-0.15, -0.1) is 0 Å². The van der Waals surface area contributed by atoms with E-state index in [-0.39, 0.29) is 21.3 Å². The van der Waals surface area contributed by atoms with Crippen LogP contribution in [0.2, 0.25) is 0 Å². The summed E-state index contributed by atoms with van der Waals surface area (Å²) in [6.45, 7) is 0.548. The molecular weight excluding hydrogens is 396 g/mol. The van der Waals surface area contributed by atoms with E-state index in [4.69, 9.17) is 5.73 Å². The number of nitrogens with one attached hydrogen (secondary N) is 1. The van der Waals surface area contributed by atoms with E-state index in [1.165, 1.54) is 12.3 Å². The summed E-state index contributed by atoms with van der Waals surface area (Å²) < 4.78 is 29.6. The first-order valence-electron chi connectivity index (χ1n) is 8.59. The number of carbonyl (C=O) groups is 1. The minimum absolute atomic E-state index is 0.00280. The summed E-state index contributed by atoms with van der Waals surface area (Å²) in [5.74, 6) is -2.12. The number of nitrogens with two attached hydrogens (primary N) is 1. The maximum absolute atomic E-state index is 14.0. The molecule has 0 aliphatic rings. The number of rotatable bonds is 5. The van der Waals surface area contributed by atoms with Gasteiger partial charge in [0.15, 0.2) is 5.69 Å². The predicted molar refractivity (Wildman–Crippen MR) is 108 cm³/mol. The highest BCUT2D eigenvalue weighted by Gasteiger charge is 2.21. The third-order valence-electron chi connectivity index (χ3n) is 4.12. The fourth-order valence-electron chi connectivity index (χ4n) is 2.78. The van der Waals surface area contributed by atoms with E-state index in [1.54, 1.807) is 10.9 Å². The highest BCUT2D eigenvalue weighted by atomic mass is 32.1. The summed E-state index contributed by atoms with van der Waals surface area (Å²) >= 11 is 0.847. The van der Waals surface area contributed by atoms with Crippen LogP contribution < -0.4 is 11.1 Å². The molecule has 0 aliphatic carbocycles. The minimum atomic E-state index is -0.770. The number of hydrogen-bond acceptors (Lipinski definition) is 5. The number of aromatic nitrogens is 3. The molecule has 4 aromatic rings. The van der Waals surface area contributed by atoms with Crippen LogP contribution in [0, 0.1) is 11.6 Å². The van der Waals surface area contributed by atoms with Gasteiger partial charge in [0.1, 0.15) is 21.6 Å². The van der Waals surface area contributed by atoms with Gasteiger partial charge in [-0.05, 0) is 17.7 Å². The molecule has 2 aromatic carbocycles. The molecule has 0 spiro atoms. The van der Waals surface area contributed by atoms with Crippen molar-refractivity contribution in [3.63, 3.8) is 0 Å². The van der Waals surface area contributed by atoms with Crippen molar-refractivity contribution in [2.45, 2.75) is 6.54 Å². The van der Waals surface area contributed by atoms with Crippen LogP contribution in [-0.2, 0) is 6.54 Å². The van der Waals surface area contributed by atoms with Gasteiger partial charge >= 0.3 is 0 Å². The second-order valence-corrected chi connectivity index (χ2v) is 7.23. The van der Waals surface area contributed by atoms with Gasteiger partial charge in [-0.25, -0.2) is 13.8 Å². The molecule has 4 rings (SSSR count). The van der Waals surface area contributed by atoms with E-state index in [2.05, 4.69) is 15.4 Å². The molecule has 0 atom stereocenters. The lowest BCUT2D eigenvalue weighted by atomic mass is 10.2. The van der Waals surface area contributed by atoms with Crippen molar-refractivity contribution in [3.8, 4) is 10.6 Å². The molecule has 0 saturated carbocycles. The molecule has 29 heavy (non-hydrogen) atoms. The summed E-state index contributed by atoms with van der Waals surface area (Å²) in [5, 5.41) is 6.93.